The van der Waals surface area contributed by atoms with Gasteiger partial charge in [-0.15, -0.1) is 0 Å². The van der Waals surface area contributed by atoms with Crippen LogP contribution in [-0.2, 0) is 17.8 Å². The van der Waals surface area contributed by atoms with Crippen LogP contribution in [0.25, 0.3) is 11.0 Å². The van der Waals surface area contributed by atoms with Crippen LogP contribution in [0.1, 0.15) is 18.2 Å². The van der Waals surface area contributed by atoms with Crippen LogP contribution in [0.5, 0.6) is 0 Å². The van der Waals surface area contributed by atoms with E-state index in [0.717, 1.165) is 24.3 Å². The number of aliphatic imine (C=N–C) groups is 1. The molecule has 0 fully saturated rings. The minimum Gasteiger partial charge on any atom is -0.478 e. The van der Waals surface area contributed by atoms with Crippen molar-refractivity contribution in [2.75, 3.05) is 6.54 Å². The van der Waals surface area contributed by atoms with Gasteiger partial charge in [0.25, 0.3) is 0 Å². The zero-order valence-electron chi connectivity index (χ0n) is 12.7. The SMILES string of the molecule is CC1(N2CCc3c(oc4ccccc34)C2)N=CC(C(=O)O)=CN1. The second-order valence-electron chi connectivity index (χ2n) is 6.00. The summed E-state index contributed by atoms with van der Waals surface area (Å²) in [5.74, 6) is -0.680. The number of carboxylic acid groups (broad SMARTS) is 1. The number of carboxylic acids is 1. The molecule has 4 rings (SSSR count). The van der Waals surface area contributed by atoms with Gasteiger partial charge in [0.15, 0.2) is 5.79 Å². The van der Waals surface area contributed by atoms with Gasteiger partial charge in [0.1, 0.15) is 11.3 Å². The van der Waals surface area contributed by atoms with Crippen LogP contribution in [-0.4, -0.2) is 34.5 Å². The maximum Gasteiger partial charge on any atom is 0.338 e. The largest absolute Gasteiger partial charge is 0.478 e. The average Bonchev–Trinajstić information content (AvgIpc) is 2.93. The Balaban J connectivity index is 1.61. The van der Waals surface area contributed by atoms with E-state index in [1.165, 1.54) is 23.4 Å². The monoisotopic (exact) mass is 311 g/mol. The summed E-state index contributed by atoms with van der Waals surface area (Å²) in [6, 6.07) is 8.07. The first-order valence-electron chi connectivity index (χ1n) is 7.57. The lowest BCUT2D eigenvalue weighted by atomic mass is 10.0. The Bertz CT molecular complexity index is 852. The number of nitrogens with zero attached hydrogens (tertiary/aromatic N) is 2. The van der Waals surface area contributed by atoms with E-state index in [0.29, 0.717) is 6.54 Å². The van der Waals surface area contributed by atoms with Crippen LogP contribution in [0, 0.1) is 0 Å². The summed E-state index contributed by atoms with van der Waals surface area (Å²) in [5.41, 5.74) is 2.34. The molecule has 1 atom stereocenters. The molecular weight excluding hydrogens is 294 g/mol. The van der Waals surface area contributed by atoms with Gasteiger partial charge >= 0.3 is 5.97 Å². The fraction of sp³-hybridized carbons (Fsp3) is 0.294. The van der Waals surface area contributed by atoms with Crippen molar-refractivity contribution in [1.29, 1.82) is 0 Å². The highest BCUT2D eigenvalue weighted by atomic mass is 16.4. The third-order valence-electron chi connectivity index (χ3n) is 4.57. The third-order valence-corrected chi connectivity index (χ3v) is 4.57. The second-order valence-corrected chi connectivity index (χ2v) is 6.00. The van der Waals surface area contributed by atoms with Crippen LogP contribution in [0.4, 0.5) is 0 Å². The Kier molecular flexibility index (Phi) is 3.02. The molecule has 0 spiro atoms. The summed E-state index contributed by atoms with van der Waals surface area (Å²) in [6.45, 7) is 3.40. The highest BCUT2D eigenvalue weighted by Crippen LogP contribution is 2.33. The molecule has 118 valence electrons. The van der Waals surface area contributed by atoms with Gasteiger partial charge in [-0.1, -0.05) is 18.2 Å². The number of para-hydroxylation sites is 1. The molecule has 23 heavy (non-hydrogen) atoms. The molecule has 0 bridgehead atoms. The minimum absolute atomic E-state index is 0.156. The molecule has 0 radical (unpaired) electrons. The lowest BCUT2D eigenvalue weighted by Gasteiger charge is -2.41. The lowest BCUT2D eigenvalue weighted by molar-refractivity contribution is -0.132. The second kappa shape index (κ2) is 4.96. The number of nitrogens with one attached hydrogen (secondary N) is 1. The van der Waals surface area contributed by atoms with Gasteiger partial charge < -0.3 is 14.8 Å². The van der Waals surface area contributed by atoms with E-state index < -0.39 is 11.8 Å². The maximum atomic E-state index is 11.0. The van der Waals surface area contributed by atoms with Crippen LogP contribution in [0.2, 0.25) is 0 Å². The summed E-state index contributed by atoms with van der Waals surface area (Å²) >= 11 is 0. The Hall–Kier alpha value is -2.60. The first-order chi connectivity index (χ1) is 11.1. The quantitative estimate of drug-likeness (QED) is 0.888. The van der Waals surface area contributed by atoms with Gasteiger partial charge in [-0.05, 0) is 19.4 Å². The fourth-order valence-corrected chi connectivity index (χ4v) is 3.20. The highest BCUT2D eigenvalue weighted by Gasteiger charge is 2.36. The van der Waals surface area contributed by atoms with Crippen molar-refractivity contribution in [3.05, 3.63) is 47.4 Å². The number of rotatable bonds is 2. The zero-order chi connectivity index (χ0) is 16.0. The molecule has 1 unspecified atom stereocenters. The van der Waals surface area contributed by atoms with E-state index in [4.69, 9.17) is 9.52 Å². The molecule has 0 amide bonds. The molecule has 0 saturated heterocycles. The average molecular weight is 311 g/mol. The highest BCUT2D eigenvalue weighted by molar-refractivity contribution is 6.08. The Morgan fingerprint density at radius 1 is 1.43 bits per heavy atom. The summed E-state index contributed by atoms with van der Waals surface area (Å²) in [6.07, 6.45) is 3.80. The van der Waals surface area contributed by atoms with Crippen molar-refractivity contribution >= 4 is 23.2 Å². The van der Waals surface area contributed by atoms with Gasteiger partial charge in [-0.3, -0.25) is 4.90 Å². The first-order valence-corrected chi connectivity index (χ1v) is 7.57. The summed E-state index contributed by atoms with van der Waals surface area (Å²) in [5, 5.41) is 13.3. The van der Waals surface area contributed by atoms with Gasteiger partial charge in [-0.2, -0.15) is 0 Å². The van der Waals surface area contributed by atoms with Crippen LogP contribution in [0.15, 0.2) is 45.4 Å². The minimum atomic E-state index is -0.985. The molecule has 0 aliphatic carbocycles. The molecule has 6 heteroatoms. The van der Waals surface area contributed by atoms with E-state index in [2.05, 4.69) is 21.3 Å². The molecule has 1 aromatic heterocycles. The molecule has 2 aliphatic heterocycles. The van der Waals surface area contributed by atoms with Gasteiger partial charge in [0, 0.05) is 29.9 Å². The zero-order valence-corrected chi connectivity index (χ0v) is 12.7. The topological polar surface area (TPSA) is 78.1 Å². The van der Waals surface area contributed by atoms with Crippen molar-refractivity contribution in [2.24, 2.45) is 4.99 Å². The van der Waals surface area contributed by atoms with Gasteiger partial charge in [-0.25, -0.2) is 9.79 Å². The smallest absolute Gasteiger partial charge is 0.338 e. The van der Waals surface area contributed by atoms with E-state index in [1.54, 1.807) is 0 Å². The summed E-state index contributed by atoms with van der Waals surface area (Å²) in [4.78, 5) is 17.5. The molecule has 1 aromatic carbocycles. The van der Waals surface area contributed by atoms with Crippen molar-refractivity contribution in [2.45, 2.75) is 25.7 Å². The number of benzene rings is 1. The van der Waals surface area contributed by atoms with E-state index in [1.807, 2.05) is 25.1 Å². The number of furan rings is 1. The van der Waals surface area contributed by atoms with Crippen LogP contribution >= 0.6 is 0 Å². The van der Waals surface area contributed by atoms with E-state index in [9.17, 15) is 4.79 Å². The van der Waals surface area contributed by atoms with Crippen LogP contribution in [0.3, 0.4) is 0 Å². The normalized spacial score (nSPS) is 24.1. The molecule has 6 nitrogen and oxygen atoms in total. The molecule has 2 N–H and O–H groups in total. The number of hydrogen-bond acceptors (Lipinski definition) is 5. The number of fused-ring (bicyclic) bond motifs is 3. The Morgan fingerprint density at radius 3 is 3.00 bits per heavy atom. The molecular formula is C17H17N3O3. The van der Waals surface area contributed by atoms with Gasteiger partial charge in [0.05, 0.1) is 12.1 Å². The fourth-order valence-electron chi connectivity index (χ4n) is 3.20. The molecule has 3 heterocycles. The van der Waals surface area contributed by atoms with Crippen molar-refractivity contribution < 1.29 is 14.3 Å². The van der Waals surface area contributed by atoms with Crippen molar-refractivity contribution in [3.8, 4) is 0 Å². The standard InChI is InChI=1S/C17H17N3O3/c1-17(18-8-11(9-19-17)16(21)22)20-7-6-13-12-4-2-3-5-14(12)23-15(13)10-20/h2-5,8-9,18H,6-7,10H2,1H3,(H,21,22). The number of aliphatic carboxylic acids is 1. The summed E-state index contributed by atoms with van der Waals surface area (Å²) < 4.78 is 5.99. The molecule has 2 aliphatic rings. The van der Waals surface area contributed by atoms with E-state index in [-0.39, 0.29) is 5.57 Å². The maximum absolute atomic E-state index is 11.0. The Morgan fingerprint density at radius 2 is 2.26 bits per heavy atom. The summed E-state index contributed by atoms with van der Waals surface area (Å²) in [7, 11) is 0. The van der Waals surface area contributed by atoms with Crippen LogP contribution < -0.4 is 5.32 Å². The van der Waals surface area contributed by atoms with Gasteiger partial charge in [0.2, 0.25) is 0 Å². The number of hydrogen-bond donors (Lipinski definition) is 2. The first kappa shape index (κ1) is 14.0. The predicted molar refractivity (Wildman–Crippen MR) is 86.1 cm³/mol. The predicted octanol–water partition coefficient (Wildman–Crippen LogP) is 2.11. The Labute approximate surface area is 133 Å². The number of carbonyl (C=O) groups is 1. The molecule has 0 saturated carbocycles. The van der Waals surface area contributed by atoms with Crippen molar-refractivity contribution in [3.63, 3.8) is 0 Å². The lowest BCUT2D eigenvalue weighted by Crippen LogP contribution is -2.56. The van der Waals surface area contributed by atoms with E-state index >= 15 is 0 Å². The third kappa shape index (κ3) is 2.22. The van der Waals surface area contributed by atoms with Crippen molar-refractivity contribution in [1.82, 2.24) is 10.2 Å². The molecule has 2 aromatic rings.